The summed E-state index contributed by atoms with van der Waals surface area (Å²) in [6.45, 7) is 9.39. The highest BCUT2D eigenvalue weighted by atomic mass is 16.6. The van der Waals surface area contributed by atoms with Gasteiger partial charge in [0.05, 0.1) is 11.8 Å². The molecule has 0 aromatic heterocycles. The van der Waals surface area contributed by atoms with Gasteiger partial charge in [-0.2, -0.15) is 0 Å². The summed E-state index contributed by atoms with van der Waals surface area (Å²) in [6.07, 6.45) is 2.59. The summed E-state index contributed by atoms with van der Waals surface area (Å²) in [5.41, 5.74) is 0.580. The molecule has 0 aliphatic rings. The maximum Gasteiger partial charge on any atom is 0.310 e. The molecule has 0 radical (unpaired) electrons. The lowest BCUT2D eigenvalue weighted by atomic mass is 9.82. The van der Waals surface area contributed by atoms with E-state index in [0.717, 1.165) is 12.8 Å². The molecule has 0 fully saturated rings. The van der Waals surface area contributed by atoms with Crippen molar-refractivity contribution < 1.29 is 19.4 Å². The summed E-state index contributed by atoms with van der Waals surface area (Å²) in [6, 6.07) is 10.0. The summed E-state index contributed by atoms with van der Waals surface area (Å²) >= 11 is 0. The van der Waals surface area contributed by atoms with Gasteiger partial charge >= 0.3 is 11.9 Å². The number of benzene rings is 1. The molecule has 4 heteroatoms. The van der Waals surface area contributed by atoms with E-state index in [0.29, 0.717) is 12.8 Å². The molecule has 0 saturated carbocycles. The average molecular weight is 348 g/mol. The minimum Gasteiger partial charge on any atom is -0.481 e. The Bertz CT molecular complexity index is 543. The van der Waals surface area contributed by atoms with Crippen LogP contribution in [-0.2, 0) is 20.7 Å². The number of rotatable bonds is 9. The molecule has 1 N–H and O–H groups in total. The number of carboxylic acid groups (broad SMARTS) is 1. The molecule has 4 nitrogen and oxygen atoms in total. The quantitative estimate of drug-likeness (QED) is 0.656. The van der Waals surface area contributed by atoms with Crippen molar-refractivity contribution in [3.8, 4) is 0 Å². The van der Waals surface area contributed by atoms with Crippen molar-refractivity contribution in [3.63, 3.8) is 0 Å². The summed E-state index contributed by atoms with van der Waals surface area (Å²) in [7, 11) is 0. The van der Waals surface area contributed by atoms with Crippen LogP contribution in [0.4, 0.5) is 0 Å². The Kier molecular flexibility index (Phi) is 8.14. The molecule has 0 aliphatic carbocycles. The van der Waals surface area contributed by atoms with Crippen LogP contribution in [0.1, 0.15) is 59.4 Å². The van der Waals surface area contributed by atoms with Crippen LogP contribution in [0.25, 0.3) is 0 Å². The Morgan fingerprint density at radius 1 is 1.08 bits per heavy atom. The summed E-state index contributed by atoms with van der Waals surface area (Å²) in [4.78, 5) is 24.4. The molecule has 0 heterocycles. The van der Waals surface area contributed by atoms with E-state index in [1.165, 1.54) is 5.56 Å². The topological polar surface area (TPSA) is 63.6 Å². The lowest BCUT2D eigenvalue weighted by Crippen LogP contribution is -2.36. The lowest BCUT2D eigenvalue weighted by Gasteiger charge is -2.28. The van der Waals surface area contributed by atoms with Crippen LogP contribution in [0.15, 0.2) is 30.3 Å². The SMILES string of the molecule is CC(C)CC(C(=O)O)[C@@H](CCCc1ccccc1)C(=O)OC(C)(C)C. The van der Waals surface area contributed by atoms with E-state index in [1.54, 1.807) is 0 Å². The van der Waals surface area contributed by atoms with E-state index in [1.807, 2.05) is 65.0 Å². The van der Waals surface area contributed by atoms with Gasteiger partial charge < -0.3 is 9.84 Å². The second-order valence-electron chi connectivity index (χ2n) is 8.09. The molecule has 1 unspecified atom stereocenters. The predicted octanol–water partition coefficient (Wildman–Crippen LogP) is 4.71. The highest BCUT2D eigenvalue weighted by Crippen LogP contribution is 2.28. The number of carboxylic acids is 1. The molecule has 0 bridgehead atoms. The second kappa shape index (κ2) is 9.59. The number of ether oxygens (including phenoxy) is 1. The van der Waals surface area contributed by atoms with Crippen LogP contribution in [0.3, 0.4) is 0 Å². The van der Waals surface area contributed by atoms with Gasteiger partial charge in [0, 0.05) is 0 Å². The normalized spacial score (nSPS) is 14.2. The van der Waals surface area contributed by atoms with Gasteiger partial charge in [0.25, 0.3) is 0 Å². The maximum absolute atomic E-state index is 12.6. The Hall–Kier alpha value is -1.84. The molecular weight excluding hydrogens is 316 g/mol. The van der Waals surface area contributed by atoms with E-state index in [-0.39, 0.29) is 5.92 Å². The molecule has 1 aromatic rings. The maximum atomic E-state index is 12.6. The zero-order valence-corrected chi connectivity index (χ0v) is 16.1. The van der Waals surface area contributed by atoms with E-state index in [9.17, 15) is 14.7 Å². The fourth-order valence-electron chi connectivity index (χ4n) is 2.98. The monoisotopic (exact) mass is 348 g/mol. The number of aryl methyl sites for hydroxylation is 1. The second-order valence-corrected chi connectivity index (χ2v) is 8.09. The van der Waals surface area contributed by atoms with Crippen LogP contribution >= 0.6 is 0 Å². The average Bonchev–Trinajstić information content (AvgIpc) is 2.48. The van der Waals surface area contributed by atoms with Gasteiger partial charge in [-0.15, -0.1) is 0 Å². The van der Waals surface area contributed by atoms with Crippen LogP contribution in [0, 0.1) is 17.8 Å². The smallest absolute Gasteiger partial charge is 0.310 e. The molecule has 1 rings (SSSR count). The largest absolute Gasteiger partial charge is 0.481 e. The molecule has 25 heavy (non-hydrogen) atoms. The van der Waals surface area contributed by atoms with Gasteiger partial charge in [-0.1, -0.05) is 44.2 Å². The molecule has 0 spiro atoms. The molecule has 1 aromatic carbocycles. The molecule has 0 amide bonds. The first-order valence-electron chi connectivity index (χ1n) is 9.09. The number of hydrogen-bond acceptors (Lipinski definition) is 3. The van der Waals surface area contributed by atoms with Crippen molar-refractivity contribution in [1.29, 1.82) is 0 Å². The number of carbonyl (C=O) groups excluding carboxylic acids is 1. The summed E-state index contributed by atoms with van der Waals surface area (Å²) < 4.78 is 5.51. The van der Waals surface area contributed by atoms with Gasteiger partial charge in [-0.3, -0.25) is 9.59 Å². The van der Waals surface area contributed by atoms with Crippen molar-refractivity contribution in [2.75, 3.05) is 0 Å². The summed E-state index contributed by atoms with van der Waals surface area (Å²) in [5.74, 6) is -2.41. The molecular formula is C21H32O4. The van der Waals surface area contributed by atoms with E-state index < -0.39 is 29.4 Å². The van der Waals surface area contributed by atoms with Crippen molar-refractivity contribution in [2.45, 2.75) is 65.9 Å². The van der Waals surface area contributed by atoms with Crippen LogP contribution in [0.2, 0.25) is 0 Å². The molecule has 0 aliphatic heterocycles. The van der Waals surface area contributed by atoms with Gasteiger partial charge in [0.2, 0.25) is 0 Å². The van der Waals surface area contributed by atoms with E-state index in [4.69, 9.17) is 4.74 Å². The minimum atomic E-state index is -0.913. The fourth-order valence-corrected chi connectivity index (χ4v) is 2.98. The molecule has 140 valence electrons. The van der Waals surface area contributed by atoms with Gasteiger partial charge in [-0.05, 0) is 57.9 Å². The Morgan fingerprint density at radius 2 is 1.68 bits per heavy atom. The molecule has 2 atom stereocenters. The third kappa shape index (κ3) is 8.19. The van der Waals surface area contributed by atoms with Crippen LogP contribution < -0.4 is 0 Å². The fraction of sp³-hybridized carbons (Fsp3) is 0.619. The number of hydrogen-bond donors (Lipinski definition) is 1. The highest BCUT2D eigenvalue weighted by molar-refractivity contribution is 5.81. The van der Waals surface area contributed by atoms with Gasteiger partial charge in [-0.25, -0.2) is 0 Å². The predicted molar refractivity (Wildman–Crippen MR) is 99.3 cm³/mol. The van der Waals surface area contributed by atoms with Crippen molar-refractivity contribution in [1.82, 2.24) is 0 Å². The lowest BCUT2D eigenvalue weighted by molar-refractivity contribution is -0.167. The Balaban J connectivity index is 2.85. The third-order valence-electron chi connectivity index (χ3n) is 4.06. The van der Waals surface area contributed by atoms with Crippen LogP contribution in [0.5, 0.6) is 0 Å². The van der Waals surface area contributed by atoms with Crippen molar-refractivity contribution >= 4 is 11.9 Å². The van der Waals surface area contributed by atoms with Gasteiger partial charge in [0.1, 0.15) is 5.60 Å². The number of aliphatic carboxylic acids is 1. The third-order valence-corrected chi connectivity index (χ3v) is 4.06. The first-order valence-corrected chi connectivity index (χ1v) is 9.09. The standard InChI is InChI=1S/C21H32O4/c1-15(2)14-18(19(22)23)17(20(24)25-21(3,4)5)13-9-12-16-10-7-6-8-11-16/h6-8,10-11,15,17-18H,9,12-14H2,1-5H3,(H,22,23)/t17-,18?/m1/s1. The first-order chi connectivity index (χ1) is 11.6. The highest BCUT2D eigenvalue weighted by Gasteiger charge is 2.36. The Morgan fingerprint density at radius 3 is 2.16 bits per heavy atom. The van der Waals surface area contributed by atoms with E-state index in [2.05, 4.69) is 0 Å². The zero-order chi connectivity index (χ0) is 19.0. The first kappa shape index (κ1) is 21.2. The minimum absolute atomic E-state index is 0.208. The number of esters is 1. The Labute approximate surface area is 151 Å². The summed E-state index contributed by atoms with van der Waals surface area (Å²) in [5, 5.41) is 9.65. The van der Waals surface area contributed by atoms with E-state index >= 15 is 0 Å². The van der Waals surface area contributed by atoms with Crippen molar-refractivity contribution in [2.24, 2.45) is 17.8 Å². The van der Waals surface area contributed by atoms with Gasteiger partial charge in [0.15, 0.2) is 0 Å². The van der Waals surface area contributed by atoms with Crippen LogP contribution in [-0.4, -0.2) is 22.6 Å². The number of carbonyl (C=O) groups is 2. The zero-order valence-electron chi connectivity index (χ0n) is 16.1. The van der Waals surface area contributed by atoms with Crippen molar-refractivity contribution in [3.05, 3.63) is 35.9 Å². The molecule has 0 saturated heterocycles.